The maximum Gasteiger partial charge on any atom is 0.309 e. The van der Waals surface area contributed by atoms with Crippen LogP contribution >= 0.6 is 15.9 Å². The van der Waals surface area contributed by atoms with Crippen LogP contribution in [-0.2, 0) is 22.4 Å². The van der Waals surface area contributed by atoms with Crippen molar-refractivity contribution in [3.05, 3.63) is 35.4 Å². The summed E-state index contributed by atoms with van der Waals surface area (Å²) in [5, 5.41) is 0.962. The fourth-order valence-corrected chi connectivity index (χ4v) is 1.63. The third-order valence-electron chi connectivity index (χ3n) is 1.98. The van der Waals surface area contributed by atoms with E-state index in [2.05, 4.69) is 20.7 Å². The second kappa shape index (κ2) is 5.81. The first-order valence-electron chi connectivity index (χ1n) is 4.47. The topological polar surface area (TPSA) is 26.3 Å². The molecule has 0 unspecified atom stereocenters. The minimum atomic E-state index is -0.196. The Labute approximate surface area is 92.4 Å². The van der Waals surface area contributed by atoms with Crippen LogP contribution in [0.3, 0.4) is 0 Å². The Balaban J connectivity index is 2.59. The van der Waals surface area contributed by atoms with Crippen molar-refractivity contribution in [2.24, 2.45) is 0 Å². The van der Waals surface area contributed by atoms with E-state index >= 15 is 0 Å². The molecule has 0 saturated carbocycles. The van der Waals surface area contributed by atoms with Gasteiger partial charge in [-0.3, -0.25) is 4.79 Å². The van der Waals surface area contributed by atoms with Crippen LogP contribution in [0, 0.1) is 0 Å². The Morgan fingerprint density at radius 3 is 2.36 bits per heavy atom. The molecule has 0 radical (unpaired) electrons. The molecule has 0 fully saturated rings. The molecule has 0 aromatic heterocycles. The SMILES string of the molecule is COC(=O)Cc1ccc(CCBr)cc1. The molecule has 0 bridgehead atoms. The van der Waals surface area contributed by atoms with E-state index in [9.17, 15) is 4.79 Å². The molecule has 14 heavy (non-hydrogen) atoms. The monoisotopic (exact) mass is 256 g/mol. The molecule has 0 aliphatic carbocycles. The van der Waals surface area contributed by atoms with Crippen LogP contribution < -0.4 is 0 Å². The highest BCUT2D eigenvalue weighted by Gasteiger charge is 2.01. The summed E-state index contributed by atoms with van der Waals surface area (Å²) in [5.41, 5.74) is 2.27. The minimum Gasteiger partial charge on any atom is -0.469 e. The smallest absolute Gasteiger partial charge is 0.309 e. The van der Waals surface area contributed by atoms with Gasteiger partial charge >= 0.3 is 5.97 Å². The number of aryl methyl sites for hydroxylation is 1. The molecule has 0 aliphatic rings. The van der Waals surface area contributed by atoms with E-state index in [1.165, 1.54) is 12.7 Å². The van der Waals surface area contributed by atoms with E-state index in [1.807, 2.05) is 24.3 Å². The number of hydrogen-bond donors (Lipinski definition) is 0. The number of methoxy groups -OCH3 is 1. The van der Waals surface area contributed by atoms with Crippen molar-refractivity contribution in [2.75, 3.05) is 12.4 Å². The zero-order valence-electron chi connectivity index (χ0n) is 8.13. The van der Waals surface area contributed by atoms with Gasteiger partial charge < -0.3 is 4.74 Å². The first-order chi connectivity index (χ1) is 6.76. The van der Waals surface area contributed by atoms with Crippen molar-refractivity contribution in [3.8, 4) is 0 Å². The lowest BCUT2D eigenvalue weighted by molar-refractivity contribution is -0.139. The zero-order chi connectivity index (χ0) is 10.4. The number of carbonyl (C=O) groups excluding carboxylic acids is 1. The molecule has 0 N–H and O–H groups in total. The molecule has 1 rings (SSSR count). The van der Waals surface area contributed by atoms with Gasteiger partial charge in [-0.25, -0.2) is 0 Å². The molecular formula is C11H13BrO2. The summed E-state index contributed by atoms with van der Waals surface area (Å²) in [4.78, 5) is 11.0. The van der Waals surface area contributed by atoms with Gasteiger partial charge in [-0.15, -0.1) is 0 Å². The summed E-state index contributed by atoms with van der Waals surface area (Å²) < 4.78 is 4.59. The lowest BCUT2D eigenvalue weighted by Crippen LogP contribution is -2.04. The maximum absolute atomic E-state index is 11.0. The third kappa shape index (κ3) is 3.50. The molecule has 0 atom stereocenters. The van der Waals surface area contributed by atoms with Crippen molar-refractivity contribution in [1.82, 2.24) is 0 Å². The van der Waals surface area contributed by atoms with E-state index in [0.29, 0.717) is 6.42 Å². The van der Waals surface area contributed by atoms with Gasteiger partial charge in [0, 0.05) is 5.33 Å². The van der Waals surface area contributed by atoms with Crippen LogP contribution in [0.5, 0.6) is 0 Å². The largest absolute Gasteiger partial charge is 0.469 e. The number of esters is 1. The molecule has 0 saturated heterocycles. The normalized spacial score (nSPS) is 9.86. The Morgan fingerprint density at radius 2 is 1.86 bits per heavy atom. The average Bonchev–Trinajstić information content (AvgIpc) is 2.21. The van der Waals surface area contributed by atoms with E-state index in [4.69, 9.17) is 0 Å². The highest BCUT2D eigenvalue weighted by molar-refractivity contribution is 9.09. The highest BCUT2D eigenvalue weighted by Crippen LogP contribution is 2.07. The summed E-state index contributed by atoms with van der Waals surface area (Å²) in [6.45, 7) is 0. The quantitative estimate of drug-likeness (QED) is 0.611. The highest BCUT2D eigenvalue weighted by atomic mass is 79.9. The van der Waals surface area contributed by atoms with Crippen molar-refractivity contribution < 1.29 is 9.53 Å². The Bertz CT molecular complexity index is 293. The fourth-order valence-electron chi connectivity index (χ4n) is 1.17. The molecule has 0 aliphatic heterocycles. The summed E-state index contributed by atoms with van der Waals surface area (Å²) in [7, 11) is 1.40. The molecule has 0 spiro atoms. The summed E-state index contributed by atoms with van der Waals surface area (Å²) >= 11 is 3.38. The van der Waals surface area contributed by atoms with Crippen LogP contribution in [0.1, 0.15) is 11.1 Å². The van der Waals surface area contributed by atoms with E-state index in [1.54, 1.807) is 0 Å². The third-order valence-corrected chi connectivity index (χ3v) is 2.38. The fraction of sp³-hybridized carbons (Fsp3) is 0.364. The maximum atomic E-state index is 11.0. The first-order valence-corrected chi connectivity index (χ1v) is 5.59. The minimum absolute atomic E-state index is 0.196. The average molecular weight is 257 g/mol. The Morgan fingerprint density at radius 1 is 1.29 bits per heavy atom. The molecular weight excluding hydrogens is 244 g/mol. The molecule has 0 heterocycles. The van der Waals surface area contributed by atoms with Crippen molar-refractivity contribution in [3.63, 3.8) is 0 Å². The summed E-state index contributed by atoms with van der Waals surface area (Å²) in [5.74, 6) is -0.196. The Hall–Kier alpha value is -0.830. The van der Waals surface area contributed by atoms with Crippen LogP contribution in [0.4, 0.5) is 0 Å². The van der Waals surface area contributed by atoms with Gasteiger partial charge in [0.1, 0.15) is 0 Å². The Kier molecular flexibility index (Phi) is 4.66. The number of ether oxygens (including phenoxy) is 1. The predicted molar refractivity (Wildman–Crippen MR) is 59.7 cm³/mol. The van der Waals surface area contributed by atoms with Gasteiger partial charge in [0.25, 0.3) is 0 Å². The van der Waals surface area contributed by atoms with E-state index < -0.39 is 0 Å². The lowest BCUT2D eigenvalue weighted by atomic mass is 10.1. The lowest BCUT2D eigenvalue weighted by Gasteiger charge is -2.01. The van der Waals surface area contributed by atoms with Crippen LogP contribution in [-0.4, -0.2) is 18.4 Å². The van der Waals surface area contributed by atoms with Crippen molar-refractivity contribution in [2.45, 2.75) is 12.8 Å². The van der Waals surface area contributed by atoms with Crippen LogP contribution in [0.25, 0.3) is 0 Å². The number of benzene rings is 1. The molecule has 2 nitrogen and oxygen atoms in total. The van der Waals surface area contributed by atoms with E-state index in [-0.39, 0.29) is 5.97 Å². The van der Waals surface area contributed by atoms with Gasteiger partial charge in [0.05, 0.1) is 13.5 Å². The number of halogens is 1. The second-order valence-electron chi connectivity index (χ2n) is 3.01. The van der Waals surface area contributed by atoms with Gasteiger partial charge in [-0.2, -0.15) is 0 Å². The van der Waals surface area contributed by atoms with E-state index in [0.717, 1.165) is 17.3 Å². The standard InChI is InChI=1S/C11H13BrO2/c1-14-11(13)8-10-4-2-9(3-5-10)6-7-12/h2-5H,6-8H2,1H3. The number of carbonyl (C=O) groups is 1. The summed E-state index contributed by atoms with van der Waals surface area (Å²) in [6.07, 6.45) is 1.36. The molecule has 1 aromatic rings. The van der Waals surface area contributed by atoms with Gasteiger partial charge in [-0.05, 0) is 17.5 Å². The van der Waals surface area contributed by atoms with Crippen LogP contribution in [0.2, 0.25) is 0 Å². The summed E-state index contributed by atoms with van der Waals surface area (Å²) in [6, 6.07) is 8.02. The first kappa shape index (κ1) is 11.2. The molecule has 76 valence electrons. The number of alkyl halides is 1. The zero-order valence-corrected chi connectivity index (χ0v) is 9.71. The number of rotatable bonds is 4. The van der Waals surface area contributed by atoms with Crippen molar-refractivity contribution >= 4 is 21.9 Å². The van der Waals surface area contributed by atoms with Crippen LogP contribution in [0.15, 0.2) is 24.3 Å². The predicted octanol–water partition coefficient (Wildman–Crippen LogP) is 2.34. The van der Waals surface area contributed by atoms with Gasteiger partial charge in [0.2, 0.25) is 0 Å². The van der Waals surface area contributed by atoms with Crippen molar-refractivity contribution in [1.29, 1.82) is 0 Å². The molecule has 3 heteroatoms. The molecule has 0 amide bonds. The molecule has 1 aromatic carbocycles. The second-order valence-corrected chi connectivity index (χ2v) is 3.80. The number of hydrogen-bond acceptors (Lipinski definition) is 2. The van der Waals surface area contributed by atoms with Gasteiger partial charge in [0.15, 0.2) is 0 Å². The van der Waals surface area contributed by atoms with Gasteiger partial charge in [-0.1, -0.05) is 40.2 Å².